The van der Waals surface area contributed by atoms with Gasteiger partial charge in [0.15, 0.2) is 5.69 Å². The summed E-state index contributed by atoms with van der Waals surface area (Å²) in [6, 6.07) is 1.66. The third-order valence-corrected chi connectivity index (χ3v) is 4.65. The van der Waals surface area contributed by atoms with Gasteiger partial charge < -0.3 is 14.2 Å². The topological polar surface area (TPSA) is 86.3 Å². The Hall–Kier alpha value is -2.22. The van der Waals surface area contributed by atoms with Gasteiger partial charge in [-0.25, -0.2) is 4.68 Å². The number of rotatable bonds is 5. The largest absolute Gasteiger partial charge is 0.384 e. The number of nitrogens with zero attached hydrogens (tertiary/aromatic N) is 5. The van der Waals surface area contributed by atoms with Gasteiger partial charge in [0.1, 0.15) is 11.5 Å². The molecule has 1 atom stereocenters. The van der Waals surface area contributed by atoms with Gasteiger partial charge in [-0.2, -0.15) is 0 Å². The van der Waals surface area contributed by atoms with E-state index in [-0.39, 0.29) is 11.8 Å². The predicted octanol–water partition coefficient (Wildman–Crippen LogP) is 1.37. The summed E-state index contributed by atoms with van der Waals surface area (Å²) in [6.45, 7) is 4.25. The molecule has 128 valence electrons. The van der Waals surface area contributed by atoms with Crippen molar-refractivity contribution in [2.24, 2.45) is 5.92 Å². The Morgan fingerprint density at radius 3 is 2.96 bits per heavy atom. The number of ether oxygens (including phenoxy) is 1. The SMILES string of the molecule is COCC1CN(C(=O)c2cc(C)on2)Cc2nnn(CC3CC3)c21. The lowest BCUT2D eigenvalue weighted by atomic mass is 9.98. The van der Waals surface area contributed by atoms with E-state index in [0.29, 0.717) is 31.2 Å². The maximum atomic E-state index is 12.7. The van der Waals surface area contributed by atoms with Crippen LogP contribution in [0.15, 0.2) is 10.6 Å². The quantitative estimate of drug-likeness (QED) is 0.822. The summed E-state index contributed by atoms with van der Waals surface area (Å²) in [7, 11) is 1.68. The third-order valence-electron chi connectivity index (χ3n) is 4.65. The fourth-order valence-electron chi connectivity index (χ4n) is 3.31. The fraction of sp³-hybridized carbons (Fsp3) is 0.625. The summed E-state index contributed by atoms with van der Waals surface area (Å²) >= 11 is 0. The predicted molar refractivity (Wildman–Crippen MR) is 83.3 cm³/mol. The highest BCUT2D eigenvalue weighted by Gasteiger charge is 2.35. The molecule has 8 nitrogen and oxygen atoms in total. The molecule has 0 N–H and O–H groups in total. The summed E-state index contributed by atoms with van der Waals surface area (Å²) < 4.78 is 12.4. The number of carbonyl (C=O) groups is 1. The van der Waals surface area contributed by atoms with E-state index in [4.69, 9.17) is 9.26 Å². The molecule has 2 aromatic rings. The van der Waals surface area contributed by atoms with Crippen LogP contribution in [0.2, 0.25) is 0 Å². The van der Waals surface area contributed by atoms with Crippen LogP contribution in [0.4, 0.5) is 0 Å². The van der Waals surface area contributed by atoms with Crippen LogP contribution >= 0.6 is 0 Å². The van der Waals surface area contributed by atoms with Crippen molar-refractivity contribution in [1.29, 1.82) is 0 Å². The van der Waals surface area contributed by atoms with Crippen LogP contribution in [0.3, 0.4) is 0 Å². The molecule has 0 saturated heterocycles. The normalized spacial score (nSPS) is 20.2. The summed E-state index contributed by atoms with van der Waals surface area (Å²) in [4.78, 5) is 14.4. The molecule has 8 heteroatoms. The highest BCUT2D eigenvalue weighted by Crippen LogP contribution is 2.34. The molecule has 1 unspecified atom stereocenters. The van der Waals surface area contributed by atoms with Crippen molar-refractivity contribution in [1.82, 2.24) is 25.1 Å². The van der Waals surface area contributed by atoms with E-state index in [9.17, 15) is 4.79 Å². The Morgan fingerprint density at radius 1 is 1.46 bits per heavy atom. The Kier molecular flexibility index (Phi) is 3.84. The second-order valence-electron chi connectivity index (χ2n) is 6.71. The molecule has 1 amide bonds. The van der Waals surface area contributed by atoms with E-state index in [1.54, 1.807) is 25.0 Å². The molecule has 0 spiro atoms. The van der Waals surface area contributed by atoms with E-state index in [1.165, 1.54) is 12.8 Å². The van der Waals surface area contributed by atoms with Crippen LogP contribution in [-0.4, -0.2) is 51.2 Å². The van der Waals surface area contributed by atoms with E-state index in [1.807, 2.05) is 4.68 Å². The summed E-state index contributed by atoms with van der Waals surface area (Å²) in [5, 5.41) is 12.5. The van der Waals surface area contributed by atoms with Crippen LogP contribution in [0.5, 0.6) is 0 Å². The summed E-state index contributed by atoms with van der Waals surface area (Å²) in [5.74, 6) is 1.27. The molecular formula is C16H21N5O3. The lowest BCUT2D eigenvalue weighted by Gasteiger charge is -2.31. The smallest absolute Gasteiger partial charge is 0.276 e. The molecule has 1 saturated carbocycles. The second kappa shape index (κ2) is 6.01. The number of amides is 1. The number of fused-ring (bicyclic) bond motifs is 1. The number of carbonyl (C=O) groups excluding carboxylic acids is 1. The van der Waals surface area contributed by atoms with Crippen LogP contribution in [0.25, 0.3) is 0 Å². The maximum Gasteiger partial charge on any atom is 0.276 e. The monoisotopic (exact) mass is 331 g/mol. The third kappa shape index (κ3) is 2.82. The Labute approximate surface area is 139 Å². The van der Waals surface area contributed by atoms with E-state index in [0.717, 1.165) is 23.9 Å². The molecule has 1 fully saturated rings. The first-order valence-electron chi connectivity index (χ1n) is 8.29. The second-order valence-corrected chi connectivity index (χ2v) is 6.71. The average Bonchev–Trinajstić information content (AvgIpc) is 3.13. The van der Waals surface area contributed by atoms with E-state index >= 15 is 0 Å². The van der Waals surface area contributed by atoms with Gasteiger partial charge >= 0.3 is 0 Å². The lowest BCUT2D eigenvalue weighted by molar-refractivity contribution is 0.0662. The zero-order valence-electron chi connectivity index (χ0n) is 13.9. The Morgan fingerprint density at radius 2 is 2.29 bits per heavy atom. The standard InChI is InChI=1S/C16H21N5O3/c1-10-5-13(18-24-10)16(22)20-7-12(9-23-2)15-14(8-20)17-19-21(15)6-11-3-4-11/h5,11-12H,3-4,6-9H2,1-2H3. The van der Waals surface area contributed by atoms with Crippen molar-refractivity contribution in [3.05, 3.63) is 28.9 Å². The highest BCUT2D eigenvalue weighted by molar-refractivity contribution is 5.92. The summed E-state index contributed by atoms with van der Waals surface area (Å²) in [6.07, 6.45) is 2.53. The van der Waals surface area contributed by atoms with Gasteiger partial charge in [-0.3, -0.25) is 4.79 Å². The molecule has 0 radical (unpaired) electrons. The highest BCUT2D eigenvalue weighted by atomic mass is 16.5. The van der Waals surface area contributed by atoms with Crippen molar-refractivity contribution in [3.63, 3.8) is 0 Å². The van der Waals surface area contributed by atoms with Crippen molar-refractivity contribution in [2.75, 3.05) is 20.3 Å². The number of hydrogen-bond donors (Lipinski definition) is 0. The van der Waals surface area contributed by atoms with Gasteiger partial charge in [-0.1, -0.05) is 10.4 Å². The van der Waals surface area contributed by atoms with Crippen molar-refractivity contribution < 1.29 is 14.1 Å². The molecule has 1 aliphatic heterocycles. The summed E-state index contributed by atoms with van der Waals surface area (Å²) in [5.41, 5.74) is 2.30. The van der Waals surface area contributed by atoms with Crippen molar-refractivity contribution in [2.45, 2.75) is 38.8 Å². The van der Waals surface area contributed by atoms with Gasteiger partial charge in [0, 0.05) is 32.2 Å². The number of aryl methyl sites for hydroxylation is 1. The minimum atomic E-state index is -0.143. The lowest BCUT2D eigenvalue weighted by Crippen LogP contribution is -2.40. The van der Waals surface area contributed by atoms with Crippen LogP contribution in [0.1, 0.15) is 46.4 Å². The molecule has 24 heavy (non-hydrogen) atoms. The minimum absolute atomic E-state index is 0.0736. The first-order valence-corrected chi connectivity index (χ1v) is 8.29. The molecule has 0 bridgehead atoms. The first-order chi connectivity index (χ1) is 11.7. The molecule has 4 rings (SSSR count). The molecule has 0 aromatic carbocycles. The molecular weight excluding hydrogens is 310 g/mol. The van der Waals surface area contributed by atoms with Gasteiger partial charge in [0.2, 0.25) is 0 Å². The zero-order chi connectivity index (χ0) is 16.7. The fourth-order valence-corrected chi connectivity index (χ4v) is 3.31. The molecule has 3 heterocycles. The molecule has 2 aromatic heterocycles. The maximum absolute atomic E-state index is 12.7. The van der Waals surface area contributed by atoms with E-state index < -0.39 is 0 Å². The van der Waals surface area contributed by atoms with Gasteiger partial charge in [-0.15, -0.1) is 5.10 Å². The number of aromatic nitrogens is 4. The minimum Gasteiger partial charge on any atom is -0.384 e. The Bertz CT molecular complexity index is 749. The van der Waals surface area contributed by atoms with Gasteiger partial charge in [-0.05, 0) is 25.7 Å². The first kappa shape index (κ1) is 15.3. The molecule has 1 aliphatic carbocycles. The zero-order valence-corrected chi connectivity index (χ0v) is 13.9. The molecule has 2 aliphatic rings. The van der Waals surface area contributed by atoms with Crippen LogP contribution in [0, 0.1) is 12.8 Å². The van der Waals surface area contributed by atoms with E-state index in [2.05, 4.69) is 15.5 Å². The van der Waals surface area contributed by atoms with Gasteiger partial charge in [0.25, 0.3) is 5.91 Å². The van der Waals surface area contributed by atoms with Crippen molar-refractivity contribution >= 4 is 5.91 Å². The van der Waals surface area contributed by atoms with Gasteiger partial charge in [0.05, 0.1) is 18.8 Å². The average molecular weight is 331 g/mol. The number of hydrogen-bond acceptors (Lipinski definition) is 6. The van der Waals surface area contributed by atoms with Crippen LogP contribution < -0.4 is 0 Å². The van der Waals surface area contributed by atoms with Crippen molar-refractivity contribution in [3.8, 4) is 0 Å². The van der Waals surface area contributed by atoms with Crippen LogP contribution in [-0.2, 0) is 17.8 Å². The number of methoxy groups -OCH3 is 1. The Balaban J connectivity index is 1.59.